The van der Waals surface area contributed by atoms with Crippen molar-refractivity contribution in [1.29, 1.82) is 0 Å². The molecule has 0 bridgehead atoms. The Kier molecular flexibility index (Phi) is 5.33. The van der Waals surface area contributed by atoms with Crippen molar-refractivity contribution in [2.24, 2.45) is 5.92 Å². The van der Waals surface area contributed by atoms with Crippen LogP contribution in [0.4, 0.5) is 0 Å². The van der Waals surface area contributed by atoms with Crippen LogP contribution in [0, 0.1) is 5.92 Å². The maximum Gasteiger partial charge on any atom is 0.0783 e. The number of benzene rings is 1. The van der Waals surface area contributed by atoms with Crippen LogP contribution in [0.2, 0.25) is 0 Å². The first-order chi connectivity index (χ1) is 8.77. The second-order valence-electron chi connectivity index (χ2n) is 5.07. The first kappa shape index (κ1) is 13.7. The van der Waals surface area contributed by atoms with Crippen LogP contribution < -0.4 is 0 Å². The summed E-state index contributed by atoms with van der Waals surface area (Å²) in [5.41, 5.74) is 1.27. The van der Waals surface area contributed by atoms with Gasteiger partial charge in [0.05, 0.1) is 6.10 Å². The molecule has 0 aliphatic heterocycles. The predicted octanol–water partition coefficient (Wildman–Crippen LogP) is 4.28. The fourth-order valence-electron chi connectivity index (χ4n) is 2.33. The molecule has 0 unspecified atom stereocenters. The van der Waals surface area contributed by atoms with Gasteiger partial charge in [0.15, 0.2) is 0 Å². The Labute approximate surface area is 114 Å². The number of aliphatic hydroxyl groups excluding tert-OH is 1. The topological polar surface area (TPSA) is 20.2 Å². The average Bonchev–Trinajstić information content (AvgIpc) is 2.46. The minimum atomic E-state index is -0.249. The van der Waals surface area contributed by atoms with Crippen LogP contribution in [-0.4, -0.2) is 17.0 Å². The summed E-state index contributed by atoms with van der Waals surface area (Å²) in [6, 6.07) is 10.4. The molecule has 0 saturated heterocycles. The molecule has 18 heavy (non-hydrogen) atoms. The van der Waals surface area contributed by atoms with Gasteiger partial charge in [-0.2, -0.15) is 0 Å². The highest BCUT2D eigenvalue weighted by Gasteiger charge is 2.19. The third-order valence-electron chi connectivity index (χ3n) is 3.50. The van der Waals surface area contributed by atoms with Gasteiger partial charge in [0.1, 0.15) is 0 Å². The van der Waals surface area contributed by atoms with Crippen LogP contribution in [-0.2, 0) is 0 Å². The first-order valence-electron chi connectivity index (χ1n) is 6.82. The molecule has 0 radical (unpaired) electrons. The van der Waals surface area contributed by atoms with Gasteiger partial charge in [0.2, 0.25) is 0 Å². The monoisotopic (exact) mass is 262 g/mol. The summed E-state index contributed by atoms with van der Waals surface area (Å²) in [6.45, 7) is 2.15. The molecule has 0 amide bonds. The molecule has 98 valence electrons. The van der Waals surface area contributed by atoms with Gasteiger partial charge in [0, 0.05) is 10.6 Å². The van der Waals surface area contributed by atoms with E-state index < -0.39 is 0 Å². The van der Waals surface area contributed by atoms with Crippen LogP contribution in [0.3, 0.4) is 0 Å². The molecule has 2 atom stereocenters. The van der Waals surface area contributed by atoms with E-state index in [1.54, 1.807) is 0 Å². The van der Waals surface area contributed by atoms with Crippen molar-refractivity contribution in [3.8, 4) is 0 Å². The quantitative estimate of drug-likeness (QED) is 0.631. The third kappa shape index (κ3) is 3.89. The largest absolute Gasteiger partial charge is 0.388 e. The molecule has 0 spiro atoms. The van der Waals surface area contributed by atoms with Gasteiger partial charge in [-0.1, -0.05) is 31.2 Å². The number of rotatable bonds is 5. The van der Waals surface area contributed by atoms with E-state index in [0.717, 1.165) is 18.6 Å². The van der Waals surface area contributed by atoms with Crippen LogP contribution in [0.15, 0.2) is 46.9 Å². The van der Waals surface area contributed by atoms with E-state index in [-0.39, 0.29) is 6.10 Å². The number of thioether (sulfide) groups is 1. The maximum absolute atomic E-state index is 10.3. The van der Waals surface area contributed by atoms with Gasteiger partial charge in [-0.3, -0.25) is 0 Å². The summed E-state index contributed by atoms with van der Waals surface area (Å²) < 4.78 is 0. The van der Waals surface area contributed by atoms with E-state index in [1.807, 2.05) is 17.8 Å². The first-order valence-corrected chi connectivity index (χ1v) is 7.81. The Balaban J connectivity index is 1.84. The van der Waals surface area contributed by atoms with Gasteiger partial charge in [0.25, 0.3) is 0 Å². The molecule has 1 aromatic rings. The molecule has 2 rings (SSSR count). The van der Waals surface area contributed by atoms with Crippen molar-refractivity contribution in [2.45, 2.75) is 43.6 Å². The highest BCUT2D eigenvalue weighted by molar-refractivity contribution is 7.99. The van der Waals surface area contributed by atoms with Crippen LogP contribution in [0.25, 0.3) is 0 Å². The lowest BCUT2D eigenvalue weighted by Gasteiger charge is -2.24. The van der Waals surface area contributed by atoms with Gasteiger partial charge >= 0.3 is 0 Å². The van der Waals surface area contributed by atoms with E-state index in [4.69, 9.17) is 0 Å². The van der Waals surface area contributed by atoms with Crippen LogP contribution >= 0.6 is 11.8 Å². The fraction of sp³-hybridized carbons (Fsp3) is 0.500. The van der Waals surface area contributed by atoms with Crippen molar-refractivity contribution in [3.05, 3.63) is 42.0 Å². The zero-order chi connectivity index (χ0) is 12.8. The molecule has 1 aromatic carbocycles. The number of hydrogen-bond acceptors (Lipinski definition) is 2. The molecule has 1 aliphatic rings. The molecule has 1 N–H and O–H groups in total. The predicted molar refractivity (Wildman–Crippen MR) is 78.9 cm³/mol. The van der Waals surface area contributed by atoms with E-state index in [9.17, 15) is 5.11 Å². The van der Waals surface area contributed by atoms with Crippen molar-refractivity contribution < 1.29 is 5.11 Å². The lowest BCUT2D eigenvalue weighted by atomic mass is 9.90. The summed E-state index contributed by atoms with van der Waals surface area (Å²) in [7, 11) is 0. The van der Waals surface area contributed by atoms with E-state index in [2.05, 4.69) is 37.3 Å². The Morgan fingerprint density at radius 2 is 2.00 bits per heavy atom. The maximum atomic E-state index is 10.3. The third-order valence-corrected chi connectivity index (χ3v) is 4.80. The van der Waals surface area contributed by atoms with Gasteiger partial charge in [-0.05, 0) is 49.3 Å². The summed E-state index contributed by atoms with van der Waals surface area (Å²) in [5, 5.41) is 10.3. The normalized spacial score (nSPS) is 19.1. The van der Waals surface area contributed by atoms with Crippen molar-refractivity contribution in [1.82, 2.24) is 0 Å². The highest BCUT2D eigenvalue weighted by Crippen LogP contribution is 2.28. The van der Waals surface area contributed by atoms with E-state index in [0.29, 0.717) is 5.92 Å². The minimum absolute atomic E-state index is 0.249. The Morgan fingerprint density at radius 1 is 1.22 bits per heavy atom. The van der Waals surface area contributed by atoms with E-state index >= 15 is 0 Å². The van der Waals surface area contributed by atoms with Gasteiger partial charge < -0.3 is 5.11 Å². The van der Waals surface area contributed by atoms with Crippen LogP contribution in [0.1, 0.15) is 32.6 Å². The number of allylic oxidation sites excluding steroid dienone is 1. The number of aliphatic hydroxyl groups is 1. The van der Waals surface area contributed by atoms with Gasteiger partial charge in [-0.15, -0.1) is 11.8 Å². The second kappa shape index (κ2) is 7.01. The Bertz CT molecular complexity index is 385. The standard InChI is InChI=1S/C16H22OS/c1-13(12-18-15-10-6-3-7-11-15)16(17)14-8-4-2-5-9-14/h3,6-8,10-11,13,16-17H,2,4-5,9,12H2,1H3/t13-,16+/m0/s1. The minimum Gasteiger partial charge on any atom is -0.388 e. The molecule has 0 aromatic heterocycles. The highest BCUT2D eigenvalue weighted by atomic mass is 32.2. The second-order valence-corrected chi connectivity index (χ2v) is 6.16. The van der Waals surface area contributed by atoms with E-state index in [1.165, 1.54) is 23.3 Å². The SMILES string of the molecule is C[C@@H](CSc1ccccc1)[C@@H](O)C1=CCCCC1. The zero-order valence-electron chi connectivity index (χ0n) is 11.0. The van der Waals surface area contributed by atoms with Crippen molar-refractivity contribution in [2.75, 3.05) is 5.75 Å². The Hall–Kier alpha value is -0.730. The molecular formula is C16H22OS. The fourth-order valence-corrected chi connectivity index (χ4v) is 3.32. The lowest BCUT2D eigenvalue weighted by Crippen LogP contribution is -2.23. The molecule has 1 nitrogen and oxygen atoms in total. The summed E-state index contributed by atoms with van der Waals surface area (Å²) in [4.78, 5) is 1.29. The summed E-state index contributed by atoms with van der Waals surface area (Å²) >= 11 is 1.83. The molecular weight excluding hydrogens is 240 g/mol. The zero-order valence-corrected chi connectivity index (χ0v) is 11.8. The summed E-state index contributed by atoms with van der Waals surface area (Å²) in [5.74, 6) is 1.29. The molecule has 0 heterocycles. The molecule has 2 heteroatoms. The molecule has 0 saturated carbocycles. The van der Waals surface area contributed by atoms with Crippen LogP contribution in [0.5, 0.6) is 0 Å². The number of hydrogen-bond donors (Lipinski definition) is 1. The summed E-state index contributed by atoms with van der Waals surface area (Å²) in [6.07, 6.45) is 6.75. The van der Waals surface area contributed by atoms with Crippen molar-refractivity contribution in [3.63, 3.8) is 0 Å². The molecule has 0 fully saturated rings. The lowest BCUT2D eigenvalue weighted by molar-refractivity contribution is 0.156. The molecule has 1 aliphatic carbocycles. The van der Waals surface area contributed by atoms with Crippen molar-refractivity contribution >= 4 is 11.8 Å². The van der Waals surface area contributed by atoms with Gasteiger partial charge in [-0.25, -0.2) is 0 Å². The Morgan fingerprint density at radius 3 is 2.67 bits per heavy atom. The average molecular weight is 262 g/mol. The smallest absolute Gasteiger partial charge is 0.0783 e.